The van der Waals surface area contributed by atoms with Crippen molar-refractivity contribution in [3.63, 3.8) is 0 Å². The predicted octanol–water partition coefficient (Wildman–Crippen LogP) is 6.09. The molecule has 3 nitrogen and oxygen atoms in total. The highest BCUT2D eigenvalue weighted by Crippen LogP contribution is 2.50. The van der Waals surface area contributed by atoms with Crippen molar-refractivity contribution in [3.05, 3.63) is 71.8 Å². The topological polar surface area (TPSA) is 29.5 Å². The molecule has 182 valence electrons. The average molecular weight is 512 g/mol. The molecular weight excluding hydrogens is 475 g/mol. The minimum Gasteiger partial charge on any atom is -0.414 e. The van der Waals surface area contributed by atoms with Crippen molar-refractivity contribution < 1.29 is 9.22 Å². The van der Waals surface area contributed by atoms with E-state index in [0.717, 1.165) is 20.9 Å². The summed E-state index contributed by atoms with van der Waals surface area (Å²) >= 11 is 11.7. The standard InChI is InChI=1S/C28H37NO2S2Si/c1-19(25(33)21-16-12-9-13-17-21)24-23(28(5,27(2,3)4)31-34(6)7)26(30)29(24)18-22(32)20-14-10-8-11-15-20/h8-17,19,23-24,34H,18H2,1-7H3/t19-,23-,24-,28-/m1/s1. The number of thiocarbonyl (C=S) groups is 2. The van der Waals surface area contributed by atoms with Crippen LogP contribution in [0.1, 0.15) is 45.7 Å². The SMILES string of the molecule is C[C@@H](C(=S)c1ccccc1)[C@@H]1[C@@H]([C@@](C)(O[SiH](C)C)C(C)(C)C)C(=O)N1CC(=S)c1ccccc1. The van der Waals surface area contributed by atoms with Crippen LogP contribution in [0.2, 0.25) is 13.1 Å². The maximum atomic E-state index is 13.8. The van der Waals surface area contributed by atoms with Crippen LogP contribution in [0.15, 0.2) is 60.7 Å². The molecule has 2 aromatic carbocycles. The Balaban J connectivity index is 2.00. The Kier molecular flexibility index (Phi) is 8.28. The molecule has 1 aliphatic heterocycles. The van der Waals surface area contributed by atoms with Crippen LogP contribution in [0.3, 0.4) is 0 Å². The highest BCUT2D eigenvalue weighted by Gasteiger charge is 2.62. The van der Waals surface area contributed by atoms with Crippen LogP contribution in [0.4, 0.5) is 0 Å². The molecule has 1 aliphatic rings. The quantitative estimate of drug-likeness (QED) is 0.176. The van der Waals surface area contributed by atoms with E-state index in [2.05, 4.69) is 47.7 Å². The van der Waals surface area contributed by atoms with Gasteiger partial charge in [0.2, 0.25) is 5.91 Å². The lowest BCUT2D eigenvalue weighted by molar-refractivity contribution is -0.186. The van der Waals surface area contributed by atoms with Gasteiger partial charge in [-0.3, -0.25) is 4.79 Å². The summed E-state index contributed by atoms with van der Waals surface area (Å²) in [6.45, 7) is 15.5. The predicted molar refractivity (Wildman–Crippen MR) is 152 cm³/mol. The van der Waals surface area contributed by atoms with Crippen LogP contribution < -0.4 is 0 Å². The van der Waals surface area contributed by atoms with E-state index in [1.807, 2.05) is 65.6 Å². The van der Waals surface area contributed by atoms with Gasteiger partial charge in [-0.25, -0.2) is 0 Å². The molecule has 6 heteroatoms. The first kappa shape index (κ1) is 26.9. The van der Waals surface area contributed by atoms with Gasteiger partial charge in [-0.05, 0) is 36.6 Å². The molecule has 0 aliphatic carbocycles. The first-order chi connectivity index (χ1) is 15.9. The Hall–Kier alpha value is -1.73. The molecule has 4 atom stereocenters. The lowest BCUT2D eigenvalue weighted by atomic mass is 9.61. The van der Waals surface area contributed by atoms with E-state index < -0.39 is 14.6 Å². The highest BCUT2D eigenvalue weighted by molar-refractivity contribution is 7.81. The van der Waals surface area contributed by atoms with Crippen LogP contribution in [0, 0.1) is 17.3 Å². The summed E-state index contributed by atoms with van der Waals surface area (Å²) in [4.78, 5) is 17.4. The lowest BCUT2D eigenvalue weighted by Crippen LogP contribution is -2.74. The number of likely N-dealkylation sites (tertiary alicyclic amines) is 1. The van der Waals surface area contributed by atoms with E-state index in [-0.39, 0.29) is 29.2 Å². The molecule has 0 aromatic heterocycles. The normalized spacial score (nSPS) is 21.1. The van der Waals surface area contributed by atoms with Gasteiger partial charge in [0.15, 0.2) is 9.04 Å². The highest BCUT2D eigenvalue weighted by atomic mass is 32.1. The fourth-order valence-corrected chi connectivity index (χ4v) is 7.00. The van der Waals surface area contributed by atoms with Gasteiger partial charge < -0.3 is 9.33 Å². The number of rotatable bonds is 9. The van der Waals surface area contributed by atoms with Gasteiger partial charge in [-0.1, -0.05) is 113 Å². The van der Waals surface area contributed by atoms with Gasteiger partial charge in [-0.15, -0.1) is 0 Å². The summed E-state index contributed by atoms with van der Waals surface area (Å²) < 4.78 is 6.70. The lowest BCUT2D eigenvalue weighted by Gasteiger charge is -2.60. The van der Waals surface area contributed by atoms with Crippen LogP contribution in [-0.4, -0.2) is 47.8 Å². The van der Waals surface area contributed by atoms with Crippen LogP contribution in [-0.2, 0) is 9.22 Å². The monoisotopic (exact) mass is 511 g/mol. The number of amides is 1. The van der Waals surface area contributed by atoms with Gasteiger partial charge in [-0.2, -0.15) is 0 Å². The molecule has 0 saturated carbocycles. The maximum Gasteiger partial charge on any atom is 0.231 e. The van der Waals surface area contributed by atoms with Crippen molar-refractivity contribution in [3.8, 4) is 0 Å². The number of carbonyl (C=O) groups excluding carboxylic acids is 1. The summed E-state index contributed by atoms with van der Waals surface area (Å²) in [5.74, 6) is -0.187. The van der Waals surface area contributed by atoms with Crippen LogP contribution in [0.25, 0.3) is 0 Å². The Labute approximate surface area is 217 Å². The number of benzene rings is 2. The molecule has 1 heterocycles. The van der Waals surface area contributed by atoms with Crippen LogP contribution >= 0.6 is 24.4 Å². The molecule has 0 unspecified atom stereocenters. The van der Waals surface area contributed by atoms with Gasteiger partial charge in [0.1, 0.15) is 0 Å². The van der Waals surface area contributed by atoms with Crippen molar-refractivity contribution in [2.45, 2.75) is 59.4 Å². The zero-order chi connectivity index (χ0) is 25.3. The second-order valence-corrected chi connectivity index (χ2v) is 14.0. The number of β-lactam (4-membered cyclic amide) rings is 1. The average Bonchev–Trinajstić information content (AvgIpc) is 2.79. The first-order valence-corrected chi connectivity index (χ1v) is 15.6. The molecule has 1 fully saturated rings. The molecule has 2 aromatic rings. The summed E-state index contributed by atoms with van der Waals surface area (Å²) in [5.41, 5.74) is 1.20. The van der Waals surface area contributed by atoms with Gasteiger partial charge >= 0.3 is 0 Å². The summed E-state index contributed by atoms with van der Waals surface area (Å²) in [6, 6.07) is 20.0. The van der Waals surface area contributed by atoms with Crippen LogP contribution in [0.5, 0.6) is 0 Å². The minimum absolute atomic E-state index is 0.0159. The number of carbonyl (C=O) groups is 1. The Bertz CT molecular complexity index is 1040. The molecule has 0 radical (unpaired) electrons. The van der Waals surface area contributed by atoms with E-state index in [0.29, 0.717) is 6.54 Å². The van der Waals surface area contributed by atoms with E-state index in [9.17, 15) is 4.79 Å². The van der Waals surface area contributed by atoms with Crippen molar-refractivity contribution in [1.82, 2.24) is 4.90 Å². The second kappa shape index (κ2) is 10.5. The number of hydrogen-bond acceptors (Lipinski definition) is 4. The Morgan fingerprint density at radius 1 is 0.971 bits per heavy atom. The zero-order valence-electron chi connectivity index (χ0n) is 21.4. The van der Waals surface area contributed by atoms with Gasteiger partial charge in [0.25, 0.3) is 0 Å². The van der Waals surface area contributed by atoms with Gasteiger partial charge in [0, 0.05) is 15.6 Å². The van der Waals surface area contributed by atoms with E-state index in [1.165, 1.54) is 0 Å². The smallest absolute Gasteiger partial charge is 0.231 e. The third-order valence-electron chi connectivity index (χ3n) is 7.21. The van der Waals surface area contributed by atoms with Crippen molar-refractivity contribution >= 4 is 49.1 Å². The summed E-state index contributed by atoms with van der Waals surface area (Å²) in [6.07, 6.45) is 0. The number of hydrogen-bond donors (Lipinski definition) is 0. The van der Waals surface area contributed by atoms with Crippen molar-refractivity contribution in [2.75, 3.05) is 6.54 Å². The molecule has 34 heavy (non-hydrogen) atoms. The van der Waals surface area contributed by atoms with E-state index in [1.54, 1.807) is 0 Å². The molecule has 3 rings (SSSR count). The number of nitrogens with zero attached hydrogens (tertiary/aromatic N) is 1. The summed E-state index contributed by atoms with van der Waals surface area (Å²) in [7, 11) is -1.43. The molecule has 0 bridgehead atoms. The van der Waals surface area contributed by atoms with Gasteiger partial charge in [0.05, 0.1) is 24.1 Å². The Morgan fingerprint density at radius 3 is 1.94 bits per heavy atom. The van der Waals surface area contributed by atoms with Crippen molar-refractivity contribution in [2.24, 2.45) is 17.3 Å². The van der Waals surface area contributed by atoms with E-state index >= 15 is 0 Å². The minimum atomic E-state index is -1.43. The van der Waals surface area contributed by atoms with Crippen molar-refractivity contribution in [1.29, 1.82) is 0 Å². The maximum absolute atomic E-state index is 13.8. The molecule has 1 saturated heterocycles. The zero-order valence-corrected chi connectivity index (χ0v) is 24.2. The third-order valence-corrected chi connectivity index (χ3v) is 9.14. The third kappa shape index (κ3) is 5.25. The fraction of sp³-hybridized carbons (Fsp3) is 0.464. The molecule has 1 amide bonds. The van der Waals surface area contributed by atoms with E-state index in [4.69, 9.17) is 28.9 Å². The fourth-order valence-electron chi connectivity index (χ4n) is 4.97. The largest absolute Gasteiger partial charge is 0.414 e. The molecule has 0 spiro atoms. The Morgan fingerprint density at radius 2 is 1.47 bits per heavy atom. The summed E-state index contributed by atoms with van der Waals surface area (Å²) in [5, 5.41) is 0. The molecular formula is C28H37NO2S2Si. The molecule has 0 N–H and O–H groups in total. The second-order valence-electron chi connectivity index (χ2n) is 10.8. The first-order valence-electron chi connectivity index (χ1n) is 12.0.